The van der Waals surface area contributed by atoms with Crippen molar-refractivity contribution in [2.45, 2.75) is 20.3 Å². The maximum atomic E-state index is 12.8. The fraction of sp³-hybridized carbons (Fsp3) is 0.185. The minimum atomic E-state index is -0.453. The smallest absolute Gasteiger partial charge is 0.349 e. The van der Waals surface area contributed by atoms with Crippen molar-refractivity contribution in [3.63, 3.8) is 0 Å². The molecule has 5 nitrogen and oxygen atoms in total. The fourth-order valence-electron chi connectivity index (χ4n) is 4.06. The van der Waals surface area contributed by atoms with Crippen molar-refractivity contribution in [1.82, 2.24) is 4.98 Å². The first-order chi connectivity index (χ1) is 15.6. The molecule has 0 spiro atoms. The lowest BCUT2D eigenvalue weighted by atomic mass is 10.0. The second-order valence-corrected chi connectivity index (χ2v) is 7.83. The van der Waals surface area contributed by atoms with Crippen LogP contribution in [0.15, 0.2) is 86.4 Å². The molecule has 0 aliphatic heterocycles. The Hall–Kier alpha value is -3.86. The van der Waals surface area contributed by atoms with E-state index in [1.54, 1.807) is 6.07 Å². The highest BCUT2D eigenvalue weighted by Crippen LogP contribution is 2.28. The summed E-state index contributed by atoms with van der Waals surface area (Å²) in [4.78, 5) is 19.6. The highest BCUT2D eigenvalue weighted by atomic mass is 16.4. The molecular weight excluding hydrogens is 400 g/mol. The first-order valence-corrected chi connectivity index (χ1v) is 10.9. The molecule has 0 saturated carbocycles. The fourth-order valence-corrected chi connectivity index (χ4v) is 4.06. The van der Waals surface area contributed by atoms with Crippen LogP contribution < -0.4 is 10.5 Å². The lowest BCUT2D eigenvalue weighted by molar-refractivity contribution is 0.553. The molecule has 0 aliphatic rings. The molecule has 0 amide bonds. The summed E-state index contributed by atoms with van der Waals surface area (Å²) in [5.41, 5.74) is 5.21. The van der Waals surface area contributed by atoms with Crippen LogP contribution in [0, 0.1) is 0 Å². The van der Waals surface area contributed by atoms with Crippen LogP contribution in [-0.2, 0) is 6.42 Å². The van der Waals surface area contributed by atoms with E-state index in [0.717, 1.165) is 41.7 Å². The first-order valence-electron chi connectivity index (χ1n) is 10.9. The van der Waals surface area contributed by atoms with Gasteiger partial charge < -0.3 is 13.7 Å². The summed E-state index contributed by atoms with van der Waals surface area (Å²) in [6, 6.07) is 23.9. The normalized spacial score (nSPS) is 11.3. The third-order valence-corrected chi connectivity index (χ3v) is 5.78. The van der Waals surface area contributed by atoms with Crippen LogP contribution in [0.3, 0.4) is 0 Å². The van der Waals surface area contributed by atoms with Gasteiger partial charge in [-0.15, -0.1) is 0 Å². The Morgan fingerprint density at radius 3 is 2.41 bits per heavy atom. The predicted molar refractivity (Wildman–Crippen MR) is 128 cm³/mol. The zero-order valence-electron chi connectivity index (χ0n) is 18.2. The van der Waals surface area contributed by atoms with Gasteiger partial charge in [-0.25, -0.2) is 9.78 Å². The molecule has 5 heteroatoms. The molecule has 0 atom stereocenters. The lowest BCUT2D eigenvalue weighted by Crippen LogP contribution is -2.21. The molecule has 2 heterocycles. The molecule has 0 N–H and O–H groups in total. The van der Waals surface area contributed by atoms with Crippen LogP contribution in [0.1, 0.15) is 25.0 Å². The van der Waals surface area contributed by atoms with E-state index in [-0.39, 0.29) is 5.89 Å². The summed E-state index contributed by atoms with van der Waals surface area (Å²) in [6.07, 6.45) is 0.811. The zero-order valence-corrected chi connectivity index (χ0v) is 18.2. The predicted octanol–water partition coefficient (Wildman–Crippen LogP) is 6.04. The Morgan fingerprint density at radius 1 is 0.812 bits per heavy atom. The number of benzene rings is 3. The van der Waals surface area contributed by atoms with Crippen LogP contribution in [0.25, 0.3) is 33.5 Å². The Morgan fingerprint density at radius 2 is 1.62 bits per heavy atom. The van der Waals surface area contributed by atoms with Gasteiger partial charge in [0.2, 0.25) is 5.89 Å². The average Bonchev–Trinajstić information content (AvgIpc) is 3.23. The van der Waals surface area contributed by atoms with E-state index in [2.05, 4.69) is 35.9 Å². The van der Waals surface area contributed by atoms with Gasteiger partial charge >= 0.3 is 5.63 Å². The molecule has 0 bridgehead atoms. The maximum absolute atomic E-state index is 12.8. The SMILES string of the molecule is CCN(CC)c1ccc2cc(-c3nc4cc(Cc5ccccc5)ccc4o3)c(=O)oc2c1. The number of hydrogen-bond donors (Lipinski definition) is 0. The molecule has 160 valence electrons. The third kappa shape index (κ3) is 3.78. The second kappa shape index (κ2) is 8.35. The lowest BCUT2D eigenvalue weighted by Gasteiger charge is -2.20. The van der Waals surface area contributed by atoms with E-state index < -0.39 is 5.63 Å². The number of anilines is 1. The molecule has 32 heavy (non-hydrogen) atoms. The van der Waals surface area contributed by atoms with Gasteiger partial charge in [0, 0.05) is 30.2 Å². The van der Waals surface area contributed by atoms with Gasteiger partial charge in [-0.3, -0.25) is 0 Å². The van der Waals surface area contributed by atoms with Gasteiger partial charge in [-0.2, -0.15) is 0 Å². The summed E-state index contributed by atoms with van der Waals surface area (Å²) >= 11 is 0. The molecule has 5 rings (SSSR count). The van der Waals surface area contributed by atoms with Crippen molar-refractivity contribution < 1.29 is 8.83 Å². The van der Waals surface area contributed by atoms with Gasteiger partial charge in [0.1, 0.15) is 16.7 Å². The Balaban J connectivity index is 1.51. The van der Waals surface area contributed by atoms with Crippen LogP contribution >= 0.6 is 0 Å². The van der Waals surface area contributed by atoms with Crippen molar-refractivity contribution in [2.24, 2.45) is 0 Å². The number of hydrogen-bond acceptors (Lipinski definition) is 5. The van der Waals surface area contributed by atoms with Gasteiger partial charge in [0.05, 0.1) is 0 Å². The standard InChI is InChI=1S/C27H24N2O3/c1-3-29(4-2)21-12-11-20-16-22(27(30)32-25(20)17-21)26-28-23-15-19(10-13-24(23)31-26)14-18-8-6-5-7-9-18/h5-13,15-17H,3-4,14H2,1-2H3. The number of rotatable bonds is 6. The summed E-state index contributed by atoms with van der Waals surface area (Å²) in [6.45, 7) is 5.98. The quantitative estimate of drug-likeness (QED) is 0.311. The molecule has 2 aromatic heterocycles. The molecule has 5 aromatic rings. The first kappa shape index (κ1) is 20.1. The third-order valence-electron chi connectivity index (χ3n) is 5.78. The zero-order chi connectivity index (χ0) is 22.1. The van der Waals surface area contributed by atoms with Crippen molar-refractivity contribution in [1.29, 1.82) is 0 Å². The molecule has 0 fully saturated rings. The van der Waals surface area contributed by atoms with Crippen molar-refractivity contribution in [2.75, 3.05) is 18.0 Å². The maximum Gasteiger partial charge on any atom is 0.349 e. The van der Waals surface area contributed by atoms with E-state index in [0.29, 0.717) is 16.7 Å². The van der Waals surface area contributed by atoms with E-state index in [1.807, 2.05) is 54.6 Å². The topological polar surface area (TPSA) is 59.5 Å². The summed E-state index contributed by atoms with van der Waals surface area (Å²) in [7, 11) is 0. The van der Waals surface area contributed by atoms with E-state index in [1.165, 1.54) is 5.56 Å². The van der Waals surface area contributed by atoms with Gasteiger partial charge in [0.25, 0.3) is 0 Å². The van der Waals surface area contributed by atoms with Crippen LogP contribution in [0.4, 0.5) is 5.69 Å². The van der Waals surface area contributed by atoms with Gasteiger partial charge in [-0.05, 0) is 61.7 Å². The van der Waals surface area contributed by atoms with Crippen molar-refractivity contribution >= 4 is 27.8 Å². The highest BCUT2D eigenvalue weighted by molar-refractivity contribution is 5.84. The Kier molecular flexibility index (Phi) is 5.23. The minimum absolute atomic E-state index is 0.278. The number of oxazole rings is 1. The molecule has 0 unspecified atom stereocenters. The molecule has 0 saturated heterocycles. The average molecular weight is 425 g/mol. The summed E-state index contributed by atoms with van der Waals surface area (Å²) in [5, 5.41) is 0.836. The van der Waals surface area contributed by atoms with Crippen molar-refractivity contribution in [3.8, 4) is 11.5 Å². The molecular formula is C27H24N2O3. The summed E-state index contributed by atoms with van der Waals surface area (Å²) < 4.78 is 11.5. The van der Waals surface area contributed by atoms with E-state index in [4.69, 9.17) is 8.83 Å². The molecule has 0 aliphatic carbocycles. The van der Waals surface area contributed by atoms with Crippen LogP contribution in [0.5, 0.6) is 0 Å². The van der Waals surface area contributed by atoms with Gasteiger partial charge in [-0.1, -0.05) is 36.4 Å². The number of fused-ring (bicyclic) bond motifs is 2. The highest BCUT2D eigenvalue weighted by Gasteiger charge is 2.16. The van der Waals surface area contributed by atoms with E-state index >= 15 is 0 Å². The molecule has 3 aromatic carbocycles. The second-order valence-electron chi connectivity index (χ2n) is 7.83. The molecule has 0 radical (unpaired) electrons. The Labute approximate surface area is 185 Å². The largest absolute Gasteiger partial charge is 0.436 e. The van der Waals surface area contributed by atoms with E-state index in [9.17, 15) is 4.79 Å². The minimum Gasteiger partial charge on any atom is -0.436 e. The summed E-state index contributed by atoms with van der Waals surface area (Å²) in [5.74, 6) is 0.278. The number of nitrogens with zero attached hydrogens (tertiary/aromatic N) is 2. The van der Waals surface area contributed by atoms with Crippen LogP contribution in [-0.4, -0.2) is 18.1 Å². The monoisotopic (exact) mass is 424 g/mol. The Bertz CT molecular complexity index is 1450. The van der Waals surface area contributed by atoms with Gasteiger partial charge in [0.15, 0.2) is 5.58 Å². The number of aromatic nitrogens is 1. The van der Waals surface area contributed by atoms with Crippen LogP contribution in [0.2, 0.25) is 0 Å². The van der Waals surface area contributed by atoms with Crippen molar-refractivity contribution in [3.05, 3.63) is 94.3 Å².